The van der Waals surface area contributed by atoms with Gasteiger partial charge in [0.05, 0.1) is 22.4 Å². The molecule has 4 heteroatoms. The molecule has 1 atom stereocenters. The molecular formula is C15H20BrN3. The van der Waals surface area contributed by atoms with Crippen LogP contribution in [0.1, 0.15) is 43.6 Å². The molecule has 2 N–H and O–H groups in total. The van der Waals surface area contributed by atoms with Crippen LogP contribution in [-0.4, -0.2) is 9.78 Å². The van der Waals surface area contributed by atoms with Crippen LogP contribution in [0, 0.1) is 0 Å². The van der Waals surface area contributed by atoms with Crippen LogP contribution in [0.5, 0.6) is 0 Å². The smallest absolute Gasteiger partial charge is 0.0735 e. The zero-order valence-electron chi connectivity index (χ0n) is 11.8. The predicted molar refractivity (Wildman–Crippen MR) is 82.1 cm³/mol. The average molecular weight is 322 g/mol. The molecular weight excluding hydrogens is 302 g/mol. The van der Waals surface area contributed by atoms with Gasteiger partial charge in [-0.1, -0.05) is 45.0 Å². The fraction of sp³-hybridized carbons (Fsp3) is 0.400. The summed E-state index contributed by atoms with van der Waals surface area (Å²) in [5.74, 6) is 0. The van der Waals surface area contributed by atoms with Crippen molar-refractivity contribution in [1.82, 2.24) is 9.78 Å². The Morgan fingerprint density at radius 1 is 1.21 bits per heavy atom. The highest BCUT2D eigenvalue weighted by Crippen LogP contribution is 2.28. The molecule has 2 rings (SSSR count). The zero-order valence-corrected chi connectivity index (χ0v) is 13.4. The van der Waals surface area contributed by atoms with Crippen molar-refractivity contribution in [1.29, 1.82) is 0 Å². The first-order valence-corrected chi connectivity index (χ1v) is 7.13. The molecule has 19 heavy (non-hydrogen) atoms. The third-order valence-electron chi connectivity index (χ3n) is 3.37. The summed E-state index contributed by atoms with van der Waals surface area (Å²) in [6.45, 7) is 6.62. The topological polar surface area (TPSA) is 43.8 Å². The minimum absolute atomic E-state index is 0.162. The first kappa shape index (κ1) is 14.3. The van der Waals surface area contributed by atoms with Crippen LogP contribution in [0.2, 0.25) is 0 Å². The molecule has 2 aromatic rings. The molecule has 1 heterocycles. The number of benzene rings is 1. The van der Waals surface area contributed by atoms with Crippen LogP contribution in [0.4, 0.5) is 0 Å². The Kier molecular flexibility index (Phi) is 3.83. The van der Waals surface area contributed by atoms with E-state index in [1.807, 2.05) is 11.7 Å². The summed E-state index contributed by atoms with van der Waals surface area (Å²) in [5.41, 5.74) is 9.89. The summed E-state index contributed by atoms with van der Waals surface area (Å²) in [4.78, 5) is 0. The van der Waals surface area contributed by atoms with E-state index in [0.717, 1.165) is 15.7 Å². The van der Waals surface area contributed by atoms with E-state index >= 15 is 0 Å². The van der Waals surface area contributed by atoms with Gasteiger partial charge in [-0.15, -0.1) is 0 Å². The Labute approximate surface area is 122 Å². The molecule has 1 aromatic carbocycles. The first-order chi connectivity index (χ1) is 8.80. The lowest BCUT2D eigenvalue weighted by Gasteiger charge is -2.20. The standard InChI is InChI=1S/C15H20BrN3/c1-15(2,3)11-7-5-10(6-8-11)13(17)14-12(16)9-18-19(14)4/h5-9,13H,17H2,1-4H3. The molecule has 102 valence electrons. The summed E-state index contributed by atoms with van der Waals surface area (Å²) in [6, 6.07) is 8.34. The fourth-order valence-corrected chi connectivity index (χ4v) is 2.71. The van der Waals surface area contributed by atoms with E-state index in [9.17, 15) is 0 Å². The van der Waals surface area contributed by atoms with Crippen LogP contribution in [0.15, 0.2) is 34.9 Å². The minimum atomic E-state index is -0.170. The predicted octanol–water partition coefficient (Wildman–Crippen LogP) is 3.53. The Bertz CT molecular complexity index is 545. The van der Waals surface area contributed by atoms with E-state index in [4.69, 9.17) is 5.73 Å². The van der Waals surface area contributed by atoms with Gasteiger partial charge in [0.15, 0.2) is 0 Å². The fourth-order valence-electron chi connectivity index (χ4n) is 2.12. The molecule has 0 radical (unpaired) electrons. The Balaban J connectivity index is 2.33. The third-order valence-corrected chi connectivity index (χ3v) is 3.98. The second kappa shape index (κ2) is 5.10. The van der Waals surface area contributed by atoms with Crippen LogP contribution in [-0.2, 0) is 12.5 Å². The van der Waals surface area contributed by atoms with Crippen molar-refractivity contribution in [2.24, 2.45) is 12.8 Å². The van der Waals surface area contributed by atoms with E-state index in [2.05, 4.69) is 66.1 Å². The molecule has 0 aliphatic rings. The molecule has 1 aromatic heterocycles. The quantitative estimate of drug-likeness (QED) is 0.919. The second-order valence-corrected chi connectivity index (χ2v) is 6.71. The minimum Gasteiger partial charge on any atom is -0.319 e. The summed E-state index contributed by atoms with van der Waals surface area (Å²) >= 11 is 3.50. The van der Waals surface area contributed by atoms with Gasteiger partial charge in [-0.05, 0) is 32.5 Å². The average Bonchev–Trinajstić information content (AvgIpc) is 2.67. The number of hydrogen-bond acceptors (Lipinski definition) is 2. The maximum absolute atomic E-state index is 6.33. The number of rotatable bonds is 2. The Morgan fingerprint density at radius 2 is 1.79 bits per heavy atom. The molecule has 0 saturated heterocycles. The largest absolute Gasteiger partial charge is 0.319 e. The van der Waals surface area contributed by atoms with Gasteiger partial charge in [0.2, 0.25) is 0 Å². The van der Waals surface area contributed by atoms with Gasteiger partial charge in [0, 0.05) is 7.05 Å². The molecule has 3 nitrogen and oxygen atoms in total. The summed E-state index contributed by atoms with van der Waals surface area (Å²) < 4.78 is 2.76. The molecule has 0 fully saturated rings. The number of aryl methyl sites for hydroxylation is 1. The molecule has 0 spiro atoms. The van der Waals surface area contributed by atoms with Crippen molar-refractivity contribution in [3.8, 4) is 0 Å². The lowest BCUT2D eigenvalue weighted by Crippen LogP contribution is -2.17. The first-order valence-electron chi connectivity index (χ1n) is 6.34. The lowest BCUT2D eigenvalue weighted by molar-refractivity contribution is 0.589. The lowest BCUT2D eigenvalue weighted by atomic mass is 9.86. The van der Waals surface area contributed by atoms with Crippen LogP contribution < -0.4 is 5.73 Å². The molecule has 0 bridgehead atoms. The van der Waals surface area contributed by atoms with Crippen molar-refractivity contribution in [3.05, 3.63) is 51.8 Å². The van der Waals surface area contributed by atoms with Gasteiger partial charge >= 0.3 is 0 Å². The Morgan fingerprint density at radius 3 is 2.21 bits per heavy atom. The highest BCUT2D eigenvalue weighted by atomic mass is 79.9. The van der Waals surface area contributed by atoms with Crippen molar-refractivity contribution in [2.75, 3.05) is 0 Å². The van der Waals surface area contributed by atoms with Crippen LogP contribution in [0.3, 0.4) is 0 Å². The van der Waals surface area contributed by atoms with E-state index in [1.54, 1.807) is 6.20 Å². The highest BCUT2D eigenvalue weighted by molar-refractivity contribution is 9.10. The monoisotopic (exact) mass is 321 g/mol. The zero-order chi connectivity index (χ0) is 14.2. The van der Waals surface area contributed by atoms with Gasteiger partial charge in [-0.3, -0.25) is 4.68 Å². The van der Waals surface area contributed by atoms with E-state index in [-0.39, 0.29) is 11.5 Å². The van der Waals surface area contributed by atoms with Gasteiger partial charge < -0.3 is 5.73 Å². The van der Waals surface area contributed by atoms with Gasteiger partial charge in [0.1, 0.15) is 0 Å². The molecule has 1 unspecified atom stereocenters. The SMILES string of the molecule is Cn1ncc(Br)c1C(N)c1ccc(C(C)(C)C)cc1. The Hall–Kier alpha value is -1.13. The van der Waals surface area contributed by atoms with Crippen molar-refractivity contribution in [2.45, 2.75) is 32.2 Å². The number of nitrogens with zero attached hydrogens (tertiary/aromatic N) is 2. The van der Waals surface area contributed by atoms with E-state index < -0.39 is 0 Å². The summed E-state index contributed by atoms with van der Waals surface area (Å²) in [5, 5.41) is 4.21. The molecule has 0 aliphatic heterocycles. The van der Waals surface area contributed by atoms with E-state index in [0.29, 0.717) is 0 Å². The molecule has 0 amide bonds. The maximum atomic E-state index is 6.33. The number of hydrogen-bond donors (Lipinski definition) is 1. The summed E-state index contributed by atoms with van der Waals surface area (Å²) in [7, 11) is 1.91. The highest BCUT2D eigenvalue weighted by Gasteiger charge is 2.18. The third kappa shape index (κ3) is 2.90. The van der Waals surface area contributed by atoms with Crippen LogP contribution >= 0.6 is 15.9 Å². The normalized spacial score (nSPS) is 13.6. The number of nitrogens with two attached hydrogens (primary N) is 1. The molecule has 0 aliphatic carbocycles. The maximum Gasteiger partial charge on any atom is 0.0735 e. The van der Waals surface area contributed by atoms with E-state index in [1.165, 1.54) is 5.56 Å². The number of aromatic nitrogens is 2. The van der Waals surface area contributed by atoms with Gasteiger partial charge in [-0.25, -0.2) is 0 Å². The van der Waals surface area contributed by atoms with Gasteiger partial charge in [0.25, 0.3) is 0 Å². The van der Waals surface area contributed by atoms with Crippen molar-refractivity contribution in [3.63, 3.8) is 0 Å². The molecule has 0 saturated carbocycles. The summed E-state index contributed by atoms with van der Waals surface area (Å²) in [6.07, 6.45) is 1.78. The second-order valence-electron chi connectivity index (χ2n) is 5.85. The number of halogens is 1. The van der Waals surface area contributed by atoms with Crippen molar-refractivity contribution >= 4 is 15.9 Å². The van der Waals surface area contributed by atoms with Crippen LogP contribution in [0.25, 0.3) is 0 Å². The van der Waals surface area contributed by atoms with Gasteiger partial charge in [-0.2, -0.15) is 5.10 Å². The van der Waals surface area contributed by atoms with Crippen molar-refractivity contribution < 1.29 is 0 Å².